The van der Waals surface area contributed by atoms with E-state index in [0.29, 0.717) is 37.0 Å². The maximum absolute atomic E-state index is 13.3. The molecule has 1 saturated carbocycles. The lowest BCUT2D eigenvalue weighted by atomic mass is 9.98. The highest BCUT2D eigenvalue weighted by atomic mass is 32.2. The van der Waals surface area contributed by atoms with Crippen LogP contribution in [0.3, 0.4) is 0 Å². The molecule has 0 spiro atoms. The molecule has 1 aromatic heterocycles. The summed E-state index contributed by atoms with van der Waals surface area (Å²) in [5, 5.41) is 0.950. The number of sulfonamides is 1. The minimum absolute atomic E-state index is 0.0454. The first-order valence-electron chi connectivity index (χ1n) is 14.2. The van der Waals surface area contributed by atoms with Crippen LogP contribution in [0.4, 0.5) is 0 Å². The summed E-state index contributed by atoms with van der Waals surface area (Å²) in [4.78, 5) is 12.4. The largest absolute Gasteiger partial charge is 0.474 e. The molecule has 0 amide bonds. The first-order valence-corrected chi connectivity index (χ1v) is 15.7. The van der Waals surface area contributed by atoms with Gasteiger partial charge >= 0.3 is 0 Å². The molecule has 38 heavy (non-hydrogen) atoms. The van der Waals surface area contributed by atoms with Crippen molar-refractivity contribution in [2.75, 3.05) is 26.2 Å². The lowest BCUT2D eigenvalue weighted by molar-refractivity contribution is 0.135. The molecule has 7 nitrogen and oxygen atoms in total. The van der Waals surface area contributed by atoms with Crippen LogP contribution in [-0.2, 0) is 16.4 Å². The number of benzene rings is 2. The second-order valence-electron chi connectivity index (χ2n) is 10.6. The van der Waals surface area contributed by atoms with Crippen LogP contribution in [0.15, 0.2) is 53.4 Å². The molecule has 0 bridgehead atoms. The van der Waals surface area contributed by atoms with Gasteiger partial charge < -0.3 is 4.74 Å². The summed E-state index contributed by atoms with van der Waals surface area (Å²) in [6.07, 6.45) is 9.25. The van der Waals surface area contributed by atoms with Crippen molar-refractivity contribution in [3.8, 4) is 5.88 Å². The van der Waals surface area contributed by atoms with Gasteiger partial charge in [-0.2, -0.15) is 9.29 Å². The number of fused-ring (bicyclic) bond motifs is 1. The van der Waals surface area contributed by atoms with Gasteiger partial charge in [0.05, 0.1) is 21.8 Å². The Morgan fingerprint density at radius 2 is 1.66 bits per heavy atom. The lowest BCUT2D eigenvalue weighted by Crippen LogP contribution is -2.49. The average molecular weight is 537 g/mol. The van der Waals surface area contributed by atoms with Crippen LogP contribution in [0.25, 0.3) is 10.9 Å². The molecular weight excluding hydrogens is 496 g/mol. The summed E-state index contributed by atoms with van der Waals surface area (Å²) in [7, 11) is -3.51. The van der Waals surface area contributed by atoms with Gasteiger partial charge in [-0.25, -0.2) is 13.4 Å². The van der Waals surface area contributed by atoms with Crippen molar-refractivity contribution in [2.45, 2.75) is 82.3 Å². The molecule has 0 radical (unpaired) electrons. The maximum Gasteiger partial charge on any atom is 0.243 e. The predicted octanol–water partition coefficient (Wildman–Crippen LogP) is 5.75. The van der Waals surface area contributed by atoms with Gasteiger partial charge in [-0.3, -0.25) is 4.90 Å². The molecule has 8 heteroatoms. The number of aromatic nitrogens is 2. The van der Waals surface area contributed by atoms with Crippen LogP contribution >= 0.6 is 0 Å². The normalized spacial score (nSPS) is 19.0. The molecule has 1 unspecified atom stereocenters. The smallest absolute Gasteiger partial charge is 0.243 e. The highest BCUT2D eigenvalue weighted by Gasteiger charge is 2.31. The van der Waals surface area contributed by atoms with E-state index in [0.717, 1.165) is 48.8 Å². The number of para-hydroxylation sites is 1. The Labute approximate surface area is 227 Å². The fourth-order valence-corrected chi connectivity index (χ4v) is 6.96. The molecule has 0 N–H and O–H groups in total. The Kier molecular flexibility index (Phi) is 8.61. The molecular formula is C30H40N4O3S. The second-order valence-corrected chi connectivity index (χ2v) is 12.6. The number of ether oxygens (including phenoxy) is 1. The van der Waals surface area contributed by atoms with Crippen LogP contribution in [0, 0.1) is 0 Å². The van der Waals surface area contributed by atoms with Gasteiger partial charge in [0, 0.05) is 26.2 Å². The topological polar surface area (TPSA) is 75.6 Å². The van der Waals surface area contributed by atoms with Crippen LogP contribution in [0.5, 0.6) is 5.88 Å². The minimum Gasteiger partial charge on any atom is -0.474 e. The van der Waals surface area contributed by atoms with Crippen molar-refractivity contribution < 1.29 is 13.2 Å². The van der Waals surface area contributed by atoms with E-state index in [4.69, 9.17) is 14.7 Å². The standard InChI is InChI=1S/C30H40N4O3S/c1-3-4-10-24-15-17-26(18-16-24)38(35,36)34-21-19-33(20-22-34)23(2)29-31-28-14-9-8-13-27(28)30(32-29)37-25-11-6-5-7-12-25/h8-9,13-18,23,25H,3-7,10-12,19-22H2,1-2H3. The fourth-order valence-electron chi connectivity index (χ4n) is 5.53. The van der Waals surface area contributed by atoms with E-state index in [2.05, 4.69) is 18.7 Å². The quantitative estimate of drug-likeness (QED) is 0.347. The Hall–Kier alpha value is -2.55. The van der Waals surface area contributed by atoms with Gasteiger partial charge in [0.25, 0.3) is 0 Å². The molecule has 1 aliphatic heterocycles. The van der Waals surface area contributed by atoms with Crippen LogP contribution in [0.1, 0.15) is 76.2 Å². The maximum atomic E-state index is 13.3. The average Bonchev–Trinajstić information content (AvgIpc) is 2.96. The van der Waals surface area contributed by atoms with Crippen molar-refractivity contribution in [2.24, 2.45) is 0 Å². The predicted molar refractivity (Wildman–Crippen MR) is 151 cm³/mol. The van der Waals surface area contributed by atoms with Gasteiger partial charge in [-0.15, -0.1) is 0 Å². The molecule has 204 valence electrons. The zero-order valence-electron chi connectivity index (χ0n) is 22.7. The van der Waals surface area contributed by atoms with E-state index in [1.165, 1.54) is 24.8 Å². The third-order valence-electron chi connectivity index (χ3n) is 7.99. The van der Waals surface area contributed by atoms with E-state index in [9.17, 15) is 8.42 Å². The monoisotopic (exact) mass is 536 g/mol. The first kappa shape index (κ1) is 27.0. The van der Waals surface area contributed by atoms with Gasteiger partial charge in [-0.05, 0) is 75.3 Å². The number of nitrogens with zero attached hydrogens (tertiary/aromatic N) is 4. The molecule has 2 aromatic carbocycles. The fraction of sp³-hybridized carbons (Fsp3) is 0.533. The van der Waals surface area contributed by atoms with Gasteiger partial charge in [0.1, 0.15) is 11.9 Å². The molecule has 2 heterocycles. The van der Waals surface area contributed by atoms with E-state index < -0.39 is 10.0 Å². The van der Waals surface area contributed by atoms with Crippen LogP contribution in [-0.4, -0.2) is 59.9 Å². The second kappa shape index (κ2) is 12.1. The van der Waals surface area contributed by atoms with Gasteiger partial charge in [0.2, 0.25) is 15.9 Å². The van der Waals surface area contributed by atoms with Crippen LogP contribution in [0.2, 0.25) is 0 Å². The van der Waals surface area contributed by atoms with Crippen molar-refractivity contribution in [3.05, 3.63) is 59.9 Å². The Morgan fingerprint density at radius 1 is 0.947 bits per heavy atom. The molecule has 3 aromatic rings. The summed E-state index contributed by atoms with van der Waals surface area (Å²) in [6.45, 7) is 6.42. The minimum atomic E-state index is -3.51. The van der Waals surface area contributed by atoms with E-state index in [1.807, 2.05) is 36.4 Å². The Morgan fingerprint density at radius 3 is 2.37 bits per heavy atom. The Bertz CT molecular complexity index is 1320. The van der Waals surface area contributed by atoms with E-state index >= 15 is 0 Å². The zero-order chi connectivity index (χ0) is 26.5. The molecule has 1 atom stereocenters. The molecule has 2 fully saturated rings. The van der Waals surface area contributed by atoms with Crippen molar-refractivity contribution >= 4 is 20.9 Å². The molecule has 2 aliphatic rings. The van der Waals surface area contributed by atoms with Crippen LogP contribution < -0.4 is 4.74 Å². The highest BCUT2D eigenvalue weighted by molar-refractivity contribution is 7.89. The lowest BCUT2D eigenvalue weighted by Gasteiger charge is -2.37. The number of unbranched alkanes of at least 4 members (excludes halogenated alkanes) is 1. The van der Waals surface area contributed by atoms with Crippen molar-refractivity contribution in [3.63, 3.8) is 0 Å². The number of hydrogen-bond donors (Lipinski definition) is 0. The number of rotatable bonds is 9. The number of piperazine rings is 1. The summed E-state index contributed by atoms with van der Waals surface area (Å²) < 4.78 is 34.6. The van der Waals surface area contributed by atoms with Gasteiger partial charge in [-0.1, -0.05) is 44.0 Å². The summed E-state index contributed by atoms with van der Waals surface area (Å²) >= 11 is 0. The van der Waals surface area contributed by atoms with E-state index in [1.54, 1.807) is 16.4 Å². The third kappa shape index (κ3) is 6.03. The molecule has 1 aliphatic carbocycles. The van der Waals surface area contributed by atoms with Gasteiger partial charge in [0.15, 0.2) is 0 Å². The van der Waals surface area contributed by atoms with Crippen molar-refractivity contribution in [1.29, 1.82) is 0 Å². The summed E-state index contributed by atoms with van der Waals surface area (Å²) in [5.41, 5.74) is 2.07. The number of aryl methyl sites for hydroxylation is 1. The SMILES string of the molecule is CCCCc1ccc(S(=O)(=O)N2CCN(C(C)c3nc(OC4CCCCC4)c4ccccc4n3)CC2)cc1. The number of hydrogen-bond acceptors (Lipinski definition) is 6. The molecule has 5 rings (SSSR count). The summed E-state index contributed by atoms with van der Waals surface area (Å²) in [6, 6.07) is 15.4. The highest BCUT2D eigenvalue weighted by Crippen LogP contribution is 2.30. The molecule has 1 saturated heterocycles. The third-order valence-corrected chi connectivity index (χ3v) is 9.90. The zero-order valence-corrected chi connectivity index (χ0v) is 23.5. The van der Waals surface area contributed by atoms with Crippen molar-refractivity contribution in [1.82, 2.24) is 19.2 Å². The first-order chi connectivity index (χ1) is 18.5. The Balaban J connectivity index is 1.27. The summed E-state index contributed by atoms with van der Waals surface area (Å²) in [5.74, 6) is 1.40. The van der Waals surface area contributed by atoms with E-state index in [-0.39, 0.29) is 12.1 Å².